The number of hydrogen-bond acceptors (Lipinski definition) is 5. The fourth-order valence-corrected chi connectivity index (χ4v) is 3.97. The molecule has 0 radical (unpaired) electrons. The van der Waals surface area contributed by atoms with Crippen molar-refractivity contribution in [1.29, 1.82) is 0 Å². The maximum atomic E-state index is 14.3. The van der Waals surface area contributed by atoms with Crippen LogP contribution in [-0.2, 0) is 17.3 Å². The molecule has 0 fully saturated rings. The summed E-state index contributed by atoms with van der Waals surface area (Å²) in [6.45, 7) is 3.37. The summed E-state index contributed by atoms with van der Waals surface area (Å²) >= 11 is 0.737. The number of ether oxygens (including phenoxy) is 1. The van der Waals surface area contributed by atoms with Gasteiger partial charge in [0.25, 0.3) is 0 Å². The monoisotopic (exact) mass is 467 g/mol. The van der Waals surface area contributed by atoms with Gasteiger partial charge in [-0.15, -0.1) is 0 Å². The minimum atomic E-state index is -4.48. The number of thiazole rings is 1. The highest BCUT2D eigenvalue weighted by Gasteiger charge is 2.33. The topological polar surface area (TPSA) is 47.0 Å². The first-order valence-electron chi connectivity index (χ1n) is 10.5. The summed E-state index contributed by atoms with van der Waals surface area (Å²) in [6, 6.07) is 7.43. The second kappa shape index (κ2) is 11.4. The van der Waals surface area contributed by atoms with Gasteiger partial charge in [0.15, 0.2) is 5.13 Å². The number of nitrogens with zero attached hydrogens (tertiary/aromatic N) is 2. The third-order valence-corrected chi connectivity index (χ3v) is 5.53. The molecule has 2 aromatic heterocycles. The number of hydrogen-bond donors (Lipinski definition) is 1. The Morgan fingerprint density at radius 3 is 2.66 bits per heavy atom. The summed E-state index contributed by atoms with van der Waals surface area (Å²) in [5.74, 6) is 0. The van der Waals surface area contributed by atoms with E-state index in [9.17, 15) is 17.6 Å². The van der Waals surface area contributed by atoms with Gasteiger partial charge in [-0.25, -0.2) is 4.98 Å². The van der Waals surface area contributed by atoms with E-state index in [4.69, 9.17) is 4.74 Å². The van der Waals surface area contributed by atoms with E-state index in [-0.39, 0.29) is 22.1 Å². The fourth-order valence-electron chi connectivity index (χ4n) is 3.24. The molecule has 1 aromatic carbocycles. The second-order valence-electron chi connectivity index (χ2n) is 7.30. The standard InChI is InChI=1S/C23H25F4N3OS/c1-2-12-31-13-5-3-4-7-16-9-10-18(14-19(16)23(25,26)27)29-22-30-20(21(24)32-22)17-8-6-11-28-15-17/h6,8-11,14-15H,2-5,7,12-13H2,1H3,(H,29,30). The molecule has 0 saturated carbocycles. The maximum absolute atomic E-state index is 14.3. The molecular formula is C23H25F4N3OS. The van der Waals surface area contributed by atoms with Gasteiger partial charge in [-0.1, -0.05) is 30.7 Å². The SMILES string of the molecule is CCCOCCCCCc1ccc(Nc2nc(-c3cccnc3)c(F)s2)cc1C(F)(F)F. The molecule has 2 heterocycles. The number of unbranched alkanes of at least 4 members (excludes halogenated alkanes) is 2. The molecule has 0 atom stereocenters. The smallest absolute Gasteiger partial charge is 0.381 e. The molecule has 9 heteroatoms. The van der Waals surface area contributed by atoms with Crippen molar-refractivity contribution in [2.24, 2.45) is 0 Å². The van der Waals surface area contributed by atoms with Gasteiger partial charge < -0.3 is 10.1 Å². The van der Waals surface area contributed by atoms with Crippen molar-refractivity contribution in [2.45, 2.75) is 45.2 Å². The molecule has 32 heavy (non-hydrogen) atoms. The largest absolute Gasteiger partial charge is 0.416 e. The van der Waals surface area contributed by atoms with Crippen LogP contribution < -0.4 is 5.32 Å². The molecular weight excluding hydrogens is 442 g/mol. The number of aryl methyl sites for hydroxylation is 1. The lowest BCUT2D eigenvalue weighted by atomic mass is 10.00. The number of halogens is 4. The summed E-state index contributed by atoms with van der Waals surface area (Å²) in [6.07, 6.45) is 2.13. The van der Waals surface area contributed by atoms with Crippen molar-refractivity contribution in [3.05, 3.63) is 59.0 Å². The van der Waals surface area contributed by atoms with Crippen LogP contribution in [0.2, 0.25) is 0 Å². The van der Waals surface area contributed by atoms with Gasteiger partial charge in [-0.2, -0.15) is 17.6 Å². The number of anilines is 2. The molecule has 3 rings (SSSR count). The van der Waals surface area contributed by atoms with Crippen LogP contribution in [-0.4, -0.2) is 23.2 Å². The molecule has 0 amide bonds. The van der Waals surface area contributed by atoms with Crippen LogP contribution >= 0.6 is 11.3 Å². The summed E-state index contributed by atoms with van der Waals surface area (Å²) < 4.78 is 60.6. The normalized spacial score (nSPS) is 11.7. The van der Waals surface area contributed by atoms with Crippen LogP contribution in [0.5, 0.6) is 0 Å². The first-order chi connectivity index (χ1) is 15.4. The van der Waals surface area contributed by atoms with Crippen LogP contribution in [0.15, 0.2) is 42.7 Å². The van der Waals surface area contributed by atoms with Crippen LogP contribution in [0.1, 0.15) is 43.7 Å². The molecule has 0 aliphatic heterocycles. The number of aromatic nitrogens is 2. The number of pyridine rings is 1. The van der Waals surface area contributed by atoms with Gasteiger partial charge in [0.1, 0.15) is 5.69 Å². The van der Waals surface area contributed by atoms with Gasteiger partial charge in [0.05, 0.1) is 5.56 Å². The number of benzene rings is 1. The lowest BCUT2D eigenvalue weighted by Gasteiger charge is -2.15. The van der Waals surface area contributed by atoms with E-state index in [2.05, 4.69) is 15.3 Å². The zero-order valence-corrected chi connectivity index (χ0v) is 18.5. The van der Waals surface area contributed by atoms with Crippen LogP contribution in [0.4, 0.5) is 28.4 Å². The Morgan fingerprint density at radius 2 is 1.94 bits per heavy atom. The van der Waals surface area contributed by atoms with Gasteiger partial charge in [0, 0.05) is 36.9 Å². The highest BCUT2D eigenvalue weighted by molar-refractivity contribution is 7.14. The van der Waals surface area contributed by atoms with E-state index in [0.29, 0.717) is 31.6 Å². The summed E-state index contributed by atoms with van der Waals surface area (Å²) in [5.41, 5.74) is 0.385. The molecule has 0 spiro atoms. The van der Waals surface area contributed by atoms with Gasteiger partial charge in [0.2, 0.25) is 5.13 Å². The highest BCUT2D eigenvalue weighted by Crippen LogP contribution is 2.36. The molecule has 0 aliphatic rings. The van der Waals surface area contributed by atoms with E-state index < -0.39 is 16.9 Å². The molecule has 3 aromatic rings. The molecule has 0 aliphatic carbocycles. The minimum Gasteiger partial charge on any atom is -0.381 e. The van der Waals surface area contributed by atoms with E-state index in [0.717, 1.165) is 36.7 Å². The summed E-state index contributed by atoms with van der Waals surface area (Å²) in [5, 5.41) is 2.44. The minimum absolute atomic E-state index is 0.112. The molecule has 172 valence electrons. The molecule has 1 N–H and O–H groups in total. The summed E-state index contributed by atoms with van der Waals surface area (Å²) in [7, 11) is 0. The second-order valence-corrected chi connectivity index (χ2v) is 8.25. The van der Waals surface area contributed by atoms with E-state index in [1.807, 2.05) is 6.92 Å². The Hall–Kier alpha value is -2.52. The molecule has 0 unspecified atom stereocenters. The van der Waals surface area contributed by atoms with Crippen LogP contribution in [0.3, 0.4) is 0 Å². The molecule has 0 saturated heterocycles. The van der Waals surface area contributed by atoms with Crippen LogP contribution in [0, 0.1) is 5.13 Å². The van der Waals surface area contributed by atoms with Crippen molar-refractivity contribution in [3.63, 3.8) is 0 Å². The third kappa shape index (κ3) is 6.74. The quantitative estimate of drug-likeness (QED) is 0.238. The van der Waals surface area contributed by atoms with E-state index in [1.54, 1.807) is 24.4 Å². The van der Waals surface area contributed by atoms with Crippen molar-refractivity contribution in [3.8, 4) is 11.3 Å². The van der Waals surface area contributed by atoms with Crippen molar-refractivity contribution >= 4 is 22.2 Å². The Kier molecular flexibility index (Phi) is 8.58. The Morgan fingerprint density at radius 1 is 1.09 bits per heavy atom. The van der Waals surface area contributed by atoms with Gasteiger partial charge in [-0.3, -0.25) is 4.98 Å². The fraction of sp³-hybridized carbons (Fsp3) is 0.391. The first-order valence-corrected chi connectivity index (χ1v) is 11.3. The third-order valence-electron chi connectivity index (χ3n) is 4.77. The Balaban J connectivity index is 1.68. The average molecular weight is 468 g/mol. The first kappa shape index (κ1) is 24.1. The molecule has 0 bridgehead atoms. The predicted molar refractivity (Wildman–Crippen MR) is 119 cm³/mol. The highest BCUT2D eigenvalue weighted by atomic mass is 32.1. The number of rotatable bonds is 11. The summed E-state index contributed by atoms with van der Waals surface area (Å²) in [4.78, 5) is 8.12. The van der Waals surface area contributed by atoms with Crippen molar-refractivity contribution < 1.29 is 22.3 Å². The van der Waals surface area contributed by atoms with Gasteiger partial charge in [-0.05, 0) is 55.5 Å². The van der Waals surface area contributed by atoms with Crippen molar-refractivity contribution in [1.82, 2.24) is 9.97 Å². The molecule has 4 nitrogen and oxygen atoms in total. The Bertz CT molecular complexity index is 993. The lowest BCUT2D eigenvalue weighted by molar-refractivity contribution is -0.138. The maximum Gasteiger partial charge on any atom is 0.416 e. The predicted octanol–water partition coefficient (Wildman–Crippen LogP) is 7.25. The number of alkyl halides is 3. The lowest BCUT2D eigenvalue weighted by Crippen LogP contribution is -2.10. The van der Waals surface area contributed by atoms with E-state index in [1.165, 1.54) is 12.3 Å². The van der Waals surface area contributed by atoms with Crippen molar-refractivity contribution in [2.75, 3.05) is 18.5 Å². The van der Waals surface area contributed by atoms with Gasteiger partial charge >= 0.3 is 6.18 Å². The Labute approximate surface area is 188 Å². The van der Waals surface area contributed by atoms with E-state index >= 15 is 0 Å². The van der Waals surface area contributed by atoms with Crippen LogP contribution in [0.25, 0.3) is 11.3 Å². The zero-order chi connectivity index (χ0) is 23.0. The number of nitrogens with one attached hydrogen (secondary N) is 1. The average Bonchev–Trinajstić information content (AvgIpc) is 3.13. The zero-order valence-electron chi connectivity index (χ0n) is 17.7.